The zero-order valence-electron chi connectivity index (χ0n) is 15.4. The molecule has 0 aliphatic rings. The summed E-state index contributed by atoms with van der Waals surface area (Å²) in [5.41, 5.74) is 1.79. The number of hydrogen-bond acceptors (Lipinski definition) is 4. The minimum absolute atomic E-state index is 0.114. The van der Waals surface area contributed by atoms with E-state index in [-0.39, 0.29) is 17.2 Å². The van der Waals surface area contributed by atoms with Crippen molar-refractivity contribution in [3.8, 4) is 5.75 Å². The van der Waals surface area contributed by atoms with E-state index in [1.54, 1.807) is 23.1 Å². The summed E-state index contributed by atoms with van der Waals surface area (Å²) in [6.45, 7) is 2.80. The molecule has 0 heterocycles. The van der Waals surface area contributed by atoms with E-state index in [4.69, 9.17) is 4.74 Å². The summed E-state index contributed by atoms with van der Waals surface area (Å²) in [7, 11) is 0. The molecule has 0 fully saturated rings. The minimum Gasteiger partial charge on any atom is -0.494 e. The van der Waals surface area contributed by atoms with Gasteiger partial charge in [0.25, 0.3) is 11.6 Å². The number of carbonyl (C=O) groups is 1. The first-order chi connectivity index (χ1) is 13.6. The summed E-state index contributed by atoms with van der Waals surface area (Å²) in [5.74, 6) is 0.408. The van der Waals surface area contributed by atoms with E-state index < -0.39 is 4.92 Å². The van der Waals surface area contributed by atoms with Gasteiger partial charge in [0.05, 0.1) is 18.1 Å². The molecule has 0 unspecified atom stereocenters. The number of non-ortho nitro benzene ring substituents is 1. The van der Waals surface area contributed by atoms with Gasteiger partial charge in [-0.25, -0.2) is 0 Å². The summed E-state index contributed by atoms with van der Waals surface area (Å²) in [5, 5.41) is 11.1. The predicted octanol–water partition coefficient (Wildman–Crippen LogP) is 4.84. The maximum Gasteiger partial charge on any atom is 0.270 e. The second-order valence-corrected chi connectivity index (χ2v) is 6.11. The number of amides is 1. The van der Waals surface area contributed by atoms with E-state index in [1.165, 1.54) is 18.2 Å². The van der Waals surface area contributed by atoms with E-state index >= 15 is 0 Å². The molecular weight excluding hydrogens is 356 g/mol. The number of carbonyl (C=O) groups excluding carboxylic acids is 1. The van der Waals surface area contributed by atoms with Crippen LogP contribution in [-0.2, 0) is 6.54 Å². The molecule has 0 atom stereocenters. The van der Waals surface area contributed by atoms with Crippen LogP contribution in [0.3, 0.4) is 0 Å². The molecule has 3 aromatic carbocycles. The molecular formula is C22H20N2O4. The highest BCUT2D eigenvalue weighted by atomic mass is 16.6. The van der Waals surface area contributed by atoms with Gasteiger partial charge < -0.3 is 9.64 Å². The van der Waals surface area contributed by atoms with E-state index in [0.717, 1.165) is 5.56 Å². The van der Waals surface area contributed by atoms with Crippen molar-refractivity contribution in [3.63, 3.8) is 0 Å². The summed E-state index contributed by atoms with van der Waals surface area (Å²) in [6.07, 6.45) is 0. The molecule has 3 aromatic rings. The molecule has 28 heavy (non-hydrogen) atoms. The molecule has 0 spiro atoms. The van der Waals surface area contributed by atoms with Crippen LogP contribution in [0.1, 0.15) is 22.8 Å². The van der Waals surface area contributed by atoms with Crippen molar-refractivity contribution in [3.05, 3.63) is 100 Å². The zero-order chi connectivity index (χ0) is 19.9. The quantitative estimate of drug-likeness (QED) is 0.437. The first-order valence-corrected chi connectivity index (χ1v) is 8.91. The van der Waals surface area contributed by atoms with Gasteiger partial charge in [-0.2, -0.15) is 0 Å². The Kier molecular flexibility index (Phi) is 6.01. The van der Waals surface area contributed by atoms with Crippen LogP contribution in [0.5, 0.6) is 5.75 Å². The first-order valence-electron chi connectivity index (χ1n) is 8.91. The van der Waals surface area contributed by atoms with E-state index in [2.05, 4.69) is 0 Å². The van der Waals surface area contributed by atoms with Crippen LogP contribution in [0.2, 0.25) is 0 Å². The van der Waals surface area contributed by atoms with Crippen molar-refractivity contribution in [1.29, 1.82) is 0 Å². The third kappa shape index (κ3) is 4.54. The third-order valence-corrected chi connectivity index (χ3v) is 4.19. The summed E-state index contributed by atoms with van der Waals surface area (Å²) in [4.78, 5) is 25.4. The molecule has 0 saturated heterocycles. The largest absolute Gasteiger partial charge is 0.494 e. The van der Waals surface area contributed by atoms with Gasteiger partial charge in [0.1, 0.15) is 5.75 Å². The molecule has 1 amide bonds. The maximum absolute atomic E-state index is 13.2. The summed E-state index contributed by atoms with van der Waals surface area (Å²) < 4.78 is 5.47. The van der Waals surface area contributed by atoms with Crippen LogP contribution >= 0.6 is 0 Å². The van der Waals surface area contributed by atoms with Crippen LogP contribution in [0.15, 0.2) is 78.9 Å². The summed E-state index contributed by atoms with van der Waals surface area (Å²) >= 11 is 0. The van der Waals surface area contributed by atoms with Gasteiger partial charge >= 0.3 is 0 Å². The van der Waals surface area contributed by atoms with E-state index in [9.17, 15) is 14.9 Å². The predicted molar refractivity (Wildman–Crippen MR) is 108 cm³/mol. The van der Waals surface area contributed by atoms with Gasteiger partial charge in [-0.05, 0) is 42.8 Å². The standard InChI is InChI=1S/C22H20N2O4/c1-2-28-21-13-11-19(12-14-21)23(16-17-7-4-3-5-8-17)22(25)18-9-6-10-20(15-18)24(26)27/h3-15H,2,16H2,1H3. The Morgan fingerprint density at radius 2 is 1.71 bits per heavy atom. The SMILES string of the molecule is CCOc1ccc(N(Cc2ccccc2)C(=O)c2cccc([N+](=O)[O-])c2)cc1. The minimum atomic E-state index is -0.505. The Balaban J connectivity index is 1.96. The lowest BCUT2D eigenvalue weighted by atomic mass is 10.1. The molecule has 0 saturated carbocycles. The number of nitro groups is 1. The number of nitro benzene ring substituents is 1. The summed E-state index contributed by atoms with van der Waals surface area (Å²) in [6, 6.07) is 22.6. The maximum atomic E-state index is 13.2. The number of benzene rings is 3. The average Bonchev–Trinajstić information content (AvgIpc) is 2.73. The highest BCUT2D eigenvalue weighted by Crippen LogP contribution is 2.24. The Hall–Kier alpha value is -3.67. The number of anilines is 1. The molecule has 0 aliphatic carbocycles. The van der Waals surface area contributed by atoms with Gasteiger partial charge in [0.2, 0.25) is 0 Å². The fraction of sp³-hybridized carbons (Fsp3) is 0.136. The van der Waals surface area contributed by atoms with E-state index in [0.29, 0.717) is 24.6 Å². The fourth-order valence-corrected chi connectivity index (χ4v) is 2.84. The normalized spacial score (nSPS) is 10.3. The first kappa shape index (κ1) is 19.1. The molecule has 0 aromatic heterocycles. The van der Waals surface area contributed by atoms with Crippen LogP contribution in [0.25, 0.3) is 0 Å². The van der Waals surface area contributed by atoms with Crippen molar-refractivity contribution in [2.45, 2.75) is 13.5 Å². The van der Waals surface area contributed by atoms with Crippen LogP contribution in [-0.4, -0.2) is 17.4 Å². The molecule has 0 N–H and O–H groups in total. The number of hydrogen-bond donors (Lipinski definition) is 0. The smallest absolute Gasteiger partial charge is 0.270 e. The lowest BCUT2D eigenvalue weighted by molar-refractivity contribution is -0.384. The lowest BCUT2D eigenvalue weighted by Crippen LogP contribution is -2.30. The third-order valence-electron chi connectivity index (χ3n) is 4.19. The Labute approximate surface area is 163 Å². The molecule has 142 valence electrons. The van der Waals surface area contributed by atoms with Gasteiger partial charge in [-0.1, -0.05) is 36.4 Å². The lowest BCUT2D eigenvalue weighted by Gasteiger charge is -2.23. The van der Waals surface area contributed by atoms with Gasteiger partial charge in [-0.3, -0.25) is 14.9 Å². The average molecular weight is 376 g/mol. The highest BCUT2D eigenvalue weighted by Gasteiger charge is 2.20. The van der Waals surface area contributed by atoms with Crippen LogP contribution in [0, 0.1) is 10.1 Å². The van der Waals surface area contributed by atoms with Gasteiger partial charge in [-0.15, -0.1) is 0 Å². The second-order valence-electron chi connectivity index (χ2n) is 6.11. The number of ether oxygens (including phenoxy) is 1. The fourth-order valence-electron chi connectivity index (χ4n) is 2.84. The molecule has 0 aliphatic heterocycles. The molecule has 0 radical (unpaired) electrons. The zero-order valence-corrected chi connectivity index (χ0v) is 15.4. The number of rotatable bonds is 7. The van der Waals surface area contributed by atoms with Crippen molar-refractivity contribution < 1.29 is 14.5 Å². The van der Waals surface area contributed by atoms with Crippen LogP contribution in [0.4, 0.5) is 11.4 Å². The van der Waals surface area contributed by atoms with E-state index in [1.807, 2.05) is 49.4 Å². The Morgan fingerprint density at radius 3 is 2.36 bits per heavy atom. The Morgan fingerprint density at radius 1 is 1.00 bits per heavy atom. The molecule has 3 rings (SSSR count). The van der Waals surface area contributed by atoms with Gasteiger partial charge in [0.15, 0.2) is 0 Å². The molecule has 0 bridgehead atoms. The van der Waals surface area contributed by atoms with Gasteiger partial charge in [0, 0.05) is 23.4 Å². The molecule has 6 heteroatoms. The van der Waals surface area contributed by atoms with Crippen molar-refractivity contribution >= 4 is 17.3 Å². The molecule has 6 nitrogen and oxygen atoms in total. The van der Waals surface area contributed by atoms with Crippen molar-refractivity contribution in [2.24, 2.45) is 0 Å². The second kappa shape index (κ2) is 8.81. The monoisotopic (exact) mass is 376 g/mol. The number of nitrogens with zero attached hydrogens (tertiary/aromatic N) is 2. The topological polar surface area (TPSA) is 72.7 Å². The highest BCUT2D eigenvalue weighted by molar-refractivity contribution is 6.06. The van der Waals surface area contributed by atoms with Crippen molar-refractivity contribution in [1.82, 2.24) is 0 Å². The Bertz CT molecular complexity index is 956. The van der Waals surface area contributed by atoms with Crippen LogP contribution < -0.4 is 9.64 Å². The van der Waals surface area contributed by atoms with Crippen molar-refractivity contribution in [2.75, 3.05) is 11.5 Å².